The molecule has 0 unspecified atom stereocenters. The number of rotatable bonds is 3. The van der Waals surface area contributed by atoms with Gasteiger partial charge in [0.15, 0.2) is 0 Å². The zero-order valence-electron chi connectivity index (χ0n) is 7.43. The summed E-state index contributed by atoms with van der Waals surface area (Å²) in [5.74, 6) is 0.652. The Morgan fingerprint density at radius 1 is 1.54 bits per heavy atom. The van der Waals surface area contributed by atoms with E-state index < -0.39 is 0 Å². The first-order valence-electron chi connectivity index (χ1n) is 3.73. The molecule has 1 amide bonds. The standard InChI is InChI=1S/C9H10BrNO2/c1-6-3-7(10)4-8(13-2)9(6)11-5-12/h3-5H,1-2H3,(H,11,12). The lowest BCUT2D eigenvalue weighted by Crippen LogP contribution is -1.99. The average Bonchev–Trinajstić information content (AvgIpc) is 2.09. The van der Waals surface area contributed by atoms with E-state index in [-0.39, 0.29) is 0 Å². The van der Waals surface area contributed by atoms with Gasteiger partial charge in [0.25, 0.3) is 0 Å². The Balaban J connectivity index is 3.20. The Labute approximate surface area is 85.2 Å². The van der Waals surface area contributed by atoms with Gasteiger partial charge in [0.2, 0.25) is 6.41 Å². The number of aryl methyl sites for hydroxylation is 1. The van der Waals surface area contributed by atoms with E-state index in [1.54, 1.807) is 13.2 Å². The molecule has 0 radical (unpaired) electrons. The SMILES string of the molecule is COc1cc(Br)cc(C)c1NC=O. The van der Waals surface area contributed by atoms with Crippen molar-refractivity contribution in [3.8, 4) is 5.75 Å². The number of hydrogen-bond donors (Lipinski definition) is 1. The number of ether oxygens (including phenoxy) is 1. The third kappa shape index (κ3) is 2.21. The molecule has 0 atom stereocenters. The second-order valence-electron chi connectivity index (χ2n) is 2.56. The molecule has 1 aromatic carbocycles. The highest BCUT2D eigenvalue weighted by molar-refractivity contribution is 9.10. The predicted molar refractivity (Wildman–Crippen MR) is 55.1 cm³/mol. The molecular weight excluding hydrogens is 234 g/mol. The molecule has 0 saturated heterocycles. The number of carbonyl (C=O) groups excluding carboxylic acids is 1. The van der Waals surface area contributed by atoms with Crippen LogP contribution in [0.25, 0.3) is 0 Å². The van der Waals surface area contributed by atoms with Gasteiger partial charge in [0.05, 0.1) is 12.8 Å². The molecule has 0 aliphatic heterocycles. The van der Waals surface area contributed by atoms with E-state index in [1.165, 1.54) is 0 Å². The van der Waals surface area contributed by atoms with Crippen LogP contribution in [0.15, 0.2) is 16.6 Å². The molecule has 1 N–H and O–H groups in total. The minimum absolute atomic E-state index is 0.638. The fourth-order valence-electron chi connectivity index (χ4n) is 1.12. The molecule has 3 nitrogen and oxygen atoms in total. The number of amides is 1. The number of hydrogen-bond acceptors (Lipinski definition) is 2. The van der Waals surface area contributed by atoms with Crippen molar-refractivity contribution >= 4 is 28.0 Å². The van der Waals surface area contributed by atoms with Crippen LogP contribution in [0.2, 0.25) is 0 Å². The summed E-state index contributed by atoms with van der Waals surface area (Å²) in [4.78, 5) is 10.3. The van der Waals surface area contributed by atoms with E-state index in [2.05, 4.69) is 21.2 Å². The van der Waals surface area contributed by atoms with Gasteiger partial charge in [-0.3, -0.25) is 4.79 Å². The molecule has 0 aliphatic carbocycles. The summed E-state index contributed by atoms with van der Waals surface area (Å²) in [7, 11) is 1.57. The first kappa shape index (κ1) is 10.1. The second kappa shape index (κ2) is 4.28. The van der Waals surface area contributed by atoms with Crippen molar-refractivity contribution in [1.82, 2.24) is 0 Å². The molecule has 1 rings (SSSR count). The largest absolute Gasteiger partial charge is 0.495 e. The van der Waals surface area contributed by atoms with Gasteiger partial charge in [-0.2, -0.15) is 0 Å². The summed E-state index contributed by atoms with van der Waals surface area (Å²) >= 11 is 3.34. The van der Waals surface area contributed by atoms with Crippen LogP contribution in [0, 0.1) is 6.92 Å². The number of anilines is 1. The van der Waals surface area contributed by atoms with Gasteiger partial charge in [-0.15, -0.1) is 0 Å². The number of halogens is 1. The Bertz CT molecular complexity index is 326. The summed E-state index contributed by atoms with van der Waals surface area (Å²) in [6.07, 6.45) is 0.638. The quantitative estimate of drug-likeness (QED) is 0.828. The van der Waals surface area contributed by atoms with Gasteiger partial charge >= 0.3 is 0 Å². The molecule has 0 heterocycles. The smallest absolute Gasteiger partial charge is 0.211 e. The minimum atomic E-state index is 0.638. The maximum Gasteiger partial charge on any atom is 0.211 e. The molecule has 0 aromatic heterocycles. The van der Waals surface area contributed by atoms with E-state index >= 15 is 0 Å². The third-order valence-electron chi connectivity index (χ3n) is 1.69. The first-order chi connectivity index (χ1) is 6.19. The Hall–Kier alpha value is -1.03. The Morgan fingerprint density at radius 3 is 2.77 bits per heavy atom. The van der Waals surface area contributed by atoms with Crippen LogP contribution in [0.3, 0.4) is 0 Å². The zero-order valence-corrected chi connectivity index (χ0v) is 9.01. The summed E-state index contributed by atoms with van der Waals surface area (Å²) < 4.78 is 6.04. The van der Waals surface area contributed by atoms with E-state index in [1.807, 2.05) is 13.0 Å². The summed E-state index contributed by atoms with van der Waals surface area (Å²) in [6, 6.07) is 3.72. The van der Waals surface area contributed by atoms with Gasteiger partial charge in [0, 0.05) is 4.47 Å². The Morgan fingerprint density at radius 2 is 2.23 bits per heavy atom. The molecule has 0 aliphatic rings. The predicted octanol–water partition coefficient (Wildman–Crippen LogP) is 2.33. The number of nitrogens with one attached hydrogen (secondary N) is 1. The molecule has 4 heteroatoms. The van der Waals surface area contributed by atoms with E-state index in [9.17, 15) is 4.79 Å². The maximum atomic E-state index is 10.3. The molecule has 1 aromatic rings. The fraction of sp³-hybridized carbons (Fsp3) is 0.222. The monoisotopic (exact) mass is 243 g/mol. The Kier molecular flexibility index (Phi) is 3.31. The van der Waals surface area contributed by atoms with Crippen LogP contribution in [0.4, 0.5) is 5.69 Å². The molecule has 0 fully saturated rings. The van der Waals surface area contributed by atoms with Gasteiger partial charge < -0.3 is 10.1 Å². The second-order valence-corrected chi connectivity index (χ2v) is 3.48. The number of methoxy groups -OCH3 is 1. The van der Waals surface area contributed by atoms with Gasteiger partial charge in [0.1, 0.15) is 5.75 Å². The summed E-state index contributed by atoms with van der Waals surface area (Å²) in [6.45, 7) is 1.90. The van der Waals surface area contributed by atoms with E-state index in [0.29, 0.717) is 17.8 Å². The van der Waals surface area contributed by atoms with Crippen LogP contribution in [0.1, 0.15) is 5.56 Å². The van der Waals surface area contributed by atoms with Gasteiger partial charge in [-0.1, -0.05) is 15.9 Å². The first-order valence-corrected chi connectivity index (χ1v) is 4.52. The van der Waals surface area contributed by atoms with Crippen molar-refractivity contribution in [2.75, 3.05) is 12.4 Å². The van der Waals surface area contributed by atoms with Crippen molar-refractivity contribution < 1.29 is 9.53 Å². The van der Waals surface area contributed by atoms with Crippen molar-refractivity contribution in [3.63, 3.8) is 0 Å². The maximum absolute atomic E-state index is 10.3. The minimum Gasteiger partial charge on any atom is -0.495 e. The summed E-state index contributed by atoms with van der Waals surface area (Å²) in [5.41, 5.74) is 1.67. The average molecular weight is 244 g/mol. The van der Waals surface area contributed by atoms with Crippen LogP contribution >= 0.6 is 15.9 Å². The molecule has 70 valence electrons. The van der Waals surface area contributed by atoms with Crippen LogP contribution in [0.5, 0.6) is 5.75 Å². The van der Waals surface area contributed by atoms with Crippen molar-refractivity contribution in [2.45, 2.75) is 6.92 Å². The highest BCUT2D eigenvalue weighted by atomic mass is 79.9. The van der Waals surface area contributed by atoms with Crippen LogP contribution < -0.4 is 10.1 Å². The highest BCUT2D eigenvalue weighted by Gasteiger charge is 2.06. The third-order valence-corrected chi connectivity index (χ3v) is 2.15. The zero-order chi connectivity index (χ0) is 9.84. The molecular formula is C9H10BrNO2. The van der Waals surface area contributed by atoms with Gasteiger partial charge in [-0.25, -0.2) is 0 Å². The van der Waals surface area contributed by atoms with Gasteiger partial charge in [-0.05, 0) is 24.6 Å². The van der Waals surface area contributed by atoms with E-state index in [4.69, 9.17) is 4.74 Å². The lowest BCUT2D eigenvalue weighted by molar-refractivity contribution is -0.105. The van der Waals surface area contributed by atoms with E-state index in [0.717, 1.165) is 10.0 Å². The highest BCUT2D eigenvalue weighted by Crippen LogP contribution is 2.31. The van der Waals surface area contributed by atoms with Crippen molar-refractivity contribution in [3.05, 3.63) is 22.2 Å². The molecule has 0 spiro atoms. The molecule has 0 bridgehead atoms. The lowest BCUT2D eigenvalue weighted by atomic mass is 10.2. The lowest BCUT2D eigenvalue weighted by Gasteiger charge is -2.10. The van der Waals surface area contributed by atoms with Crippen molar-refractivity contribution in [2.24, 2.45) is 0 Å². The topological polar surface area (TPSA) is 38.3 Å². The molecule has 0 saturated carbocycles. The van der Waals surface area contributed by atoms with Crippen LogP contribution in [-0.2, 0) is 4.79 Å². The fourth-order valence-corrected chi connectivity index (χ4v) is 1.67. The van der Waals surface area contributed by atoms with Crippen molar-refractivity contribution in [1.29, 1.82) is 0 Å². The normalized spacial score (nSPS) is 9.46. The van der Waals surface area contributed by atoms with Crippen LogP contribution in [-0.4, -0.2) is 13.5 Å². The number of benzene rings is 1. The number of carbonyl (C=O) groups is 1. The molecule has 13 heavy (non-hydrogen) atoms. The summed E-state index contributed by atoms with van der Waals surface area (Å²) in [5, 5.41) is 2.60.